The summed E-state index contributed by atoms with van der Waals surface area (Å²) >= 11 is 1.42. The van der Waals surface area contributed by atoms with Gasteiger partial charge in [0.25, 0.3) is 0 Å². The first-order valence-electron chi connectivity index (χ1n) is 11.1. The fourth-order valence-electron chi connectivity index (χ4n) is 3.32. The number of hydrogen-bond donors (Lipinski definition) is 0. The van der Waals surface area contributed by atoms with Crippen molar-refractivity contribution in [1.29, 1.82) is 0 Å². The number of benzene rings is 2. The van der Waals surface area contributed by atoms with E-state index < -0.39 is 24.7 Å². The summed E-state index contributed by atoms with van der Waals surface area (Å²) in [5.74, 6) is 0. The second-order valence-electron chi connectivity index (χ2n) is 6.90. The highest BCUT2D eigenvalue weighted by atomic mass is 32.2. The van der Waals surface area contributed by atoms with Crippen LogP contribution in [0.3, 0.4) is 0 Å². The molecule has 150 valence electrons. The van der Waals surface area contributed by atoms with Crippen molar-refractivity contribution in [2.75, 3.05) is 51.1 Å². The molecule has 7 heteroatoms. The third-order valence-corrected chi connectivity index (χ3v) is 5.91. The van der Waals surface area contributed by atoms with Crippen LogP contribution in [0.2, 0.25) is 0 Å². The molecule has 2 aromatic rings. The van der Waals surface area contributed by atoms with Crippen molar-refractivity contribution in [2.24, 2.45) is 0 Å². The molecule has 4 rings (SSSR count). The molecule has 2 heterocycles. The molecule has 2 aromatic carbocycles. The predicted octanol–water partition coefficient (Wildman–Crippen LogP) is 4.95. The molecule has 1 saturated heterocycles. The second kappa shape index (κ2) is 7.97. The molecular weight excluding hydrogens is 383 g/mol. The lowest BCUT2D eigenvalue weighted by Gasteiger charge is -2.35. The first-order chi connectivity index (χ1) is 14.9. The van der Waals surface area contributed by atoms with E-state index in [0.717, 1.165) is 27.6 Å². The normalized spacial score (nSPS) is 23.8. The van der Waals surface area contributed by atoms with Crippen LogP contribution < -0.4 is 4.90 Å². The average Bonchev–Trinajstić information content (AvgIpc) is 2.67. The number of fused-ring (bicyclic) bond motifs is 2. The predicted molar refractivity (Wildman–Crippen MR) is 108 cm³/mol. The molecule has 0 N–H and O–H groups in total. The second-order valence-corrected chi connectivity index (χ2v) is 7.98. The molecule has 0 unspecified atom stereocenters. The average molecular weight is 412 g/mol. The highest BCUT2D eigenvalue weighted by molar-refractivity contribution is 7.99. The van der Waals surface area contributed by atoms with Crippen molar-refractivity contribution in [3.63, 3.8) is 0 Å². The topological polar surface area (TPSA) is 9.72 Å². The molecule has 0 aliphatic carbocycles. The van der Waals surface area contributed by atoms with Crippen molar-refractivity contribution < 1.29 is 18.7 Å². The maximum atomic E-state index is 13.4. The molecule has 0 saturated carbocycles. The molecule has 0 radical (unpaired) electrons. The Morgan fingerprint density at radius 1 is 1.00 bits per heavy atom. The van der Waals surface area contributed by atoms with E-state index in [1.165, 1.54) is 22.7 Å². The third kappa shape index (κ3) is 4.16. The Balaban J connectivity index is 1.60. The molecule has 0 atom stereocenters. The van der Waals surface area contributed by atoms with Gasteiger partial charge in [-0.15, -0.1) is 0 Å². The fraction of sp³-hybridized carbons (Fsp3) is 0.429. The summed E-state index contributed by atoms with van der Waals surface area (Å²) in [6.07, 6.45) is -4.06. The Kier molecular flexibility index (Phi) is 4.32. The molecule has 3 nitrogen and oxygen atoms in total. The maximum Gasteiger partial charge on any atom is 0.416 e. The summed E-state index contributed by atoms with van der Waals surface area (Å²) in [5.41, 5.74) is 0.551. The number of nitrogens with zero attached hydrogens (tertiary/aromatic N) is 3. The molecule has 0 bridgehead atoms. The van der Waals surface area contributed by atoms with Gasteiger partial charge in [-0.3, -0.25) is 0 Å². The van der Waals surface area contributed by atoms with Crippen LogP contribution in [0.15, 0.2) is 52.3 Å². The van der Waals surface area contributed by atoms with E-state index >= 15 is 0 Å². The van der Waals surface area contributed by atoms with Gasteiger partial charge in [0.15, 0.2) is 0 Å². The monoisotopic (exact) mass is 411 g/mol. The number of likely N-dealkylation sites (N-methyl/N-ethyl adjacent to an activating group) is 1. The number of piperazine rings is 1. The smallest absolute Gasteiger partial charge is 0.340 e. The van der Waals surface area contributed by atoms with Gasteiger partial charge in [-0.2, -0.15) is 13.2 Å². The summed E-state index contributed by atoms with van der Waals surface area (Å²) in [5, 5.41) is 0. The van der Waals surface area contributed by atoms with Crippen LogP contribution in [-0.4, -0.2) is 56.0 Å². The van der Waals surface area contributed by atoms with Gasteiger partial charge in [-0.1, -0.05) is 23.9 Å². The molecule has 28 heavy (non-hydrogen) atoms. The SMILES string of the molecule is [2H]C1([2H])CN(C)CC([2H])([2H])N1CCCN1c2ccccc2Sc2ccc(C(F)(F)F)cc21. The zero-order chi connectivity index (χ0) is 23.3. The number of alkyl halides is 3. The third-order valence-electron chi connectivity index (χ3n) is 4.78. The number of hydrogen-bond acceptors (Lipinski definition) is 4. The lowest BCUT2D eigenvalue weighted by molar-refractivity contribution is -0.137. The summed E-state index contributed by atoms with van der Waals surface area (Å²) in [6, 6.07) is 11.2. The van der Waals surface area contributed by atoms with Crippen molar-refractivity contribution in [2.45, 2.75) is 22.4 Å². The summed E-state index contributed by atoms with van der Waals surface area (Å²) in [6.45, 7) is -3.01. The fourth-order valence-corrected chi connectivity index (χ4v) is 4.39. The van der Waals surface area contributed by atoms with Crippen molar-refractivity contribution in [3.05, 3.63) is 48.0 Å². The molecule has 0 aromatic heterocycles. The Morgan fingerprint density at radius 2 is 1.71 bits per heavy atom. The Labute approximate surface area is 173 Å². The van der Waals surface area contributed by atoms with Crippen molar-refractivity contribution >= 4 is 23.1 Å². The Morgan fingerprint density at radius 3 is 2.46 bits per heavy atom. The van der Waals surface area contributed by atoms with Gasteiger partial charge in [-0.25, -0.2) is 0 Å². The highest BCUT2D eigenvalue weighted by Crippen LogP contribution is 2.49. The van der Waals surface area contributed by atoms with E-state index in [-0.39, 0.29) is 19.6 Å². The van der Waals surface area contributed by atoms with E-state index in [4.69, 9.17) is 5.48 Å². The summed E-state index contributed by atoms with van der Waals surface area (Å²) in [4.78, 5) is 6.35. The minimum atomic E-state index is -4.45. The Hall–Kier alpha value is -1.70. The number of para-hydroxylation sites is 1. The van der Waals surface area contributed by atoms with Gasteiger partial charge < -0.3 is 14.7 Å². The maximum absolute atomic E-state index is 13.4. The van der Waals surface area contributed by atoms with Gasteiger partial charge >= 0.3 is 6.18 Å². The molecule has 0 amide bonds. The first kappa shape index (κ1) is 15.2. The van der Waals surface area contributed by atoms with Crippen LogP contribution in [0.4, 0.5) is 24.5 Å². The van der Waals surface area contributed by atoms with E-state index in [0.29, 0.717) is 18.7 Å². The summed E-state index contributed by atoms with van der Waals surface area (Å²) < 4.78 is 73.2. The number of halogens is 3. The van der Waals surface area contributed by atoms with Gasteiger partial charge in [0, 0.05) is 47.9 Å². The van der Waals surface area contributed by atoms with Crippen molar-refractivity contribution in [1.82, 2.24) is 9.80 Å². The zero-order valence-electron chi connectivity index (χ0n) is 19.5. The lowest BCUT2D eigenvalue weighted by atomic mass is 10.1. The van der Waals surface area contributed by atoms with Crippen LogP contribution in [0.1, 0.15) is 17.5 Å². The minimum absolute atomic E-state index is 0.0907. The molecular formula is C21H24F3N3S. The van der Waals surface area contributed by atoms with Crippen LogP contribution in [0.25, 0.3) is 0 Å². The van der Waals surface area contributed by atoms with Crippen LogP contribution in [0.5, 0.6) is 0 Å². The van der Waals surface area contributed by atoms with Crippen LogP contribution >= 0.6 is 11.8 Å². The highest BCUT2D eigenvalue weighted by Gasteiger charge is 2.33. The van der Waals surface area contributed by atoms with Gasteiger partial charge in [-0.05, 0) is 50.3 Å². The van der Waals surface area contributed by atoms with E-state index in [2.05, 4.69) is 0 Å². The van der Waals surface area contributed by atoms with Crippen LogP contribution in [0, 0.1) is 0 Å². The standard InChI is InChI=1S/C21H24F3N3S/c1-25-11-13-26(14-12-25)9-4-10-27-17-5-2-3-6-19(17)28-20-8-7-16(15-18(20)27)21(22,23)24/h2-3,5-8,15H,4,9-14H2,1H3/i13D2,14D2. The van der Waals surface area contributed by atoms with E-state index in [9.17, 15) is 13.2 Å². The summed E-state index contributed by atoms with van der Waals surface area (Å²) in [7, 11) is 1.69. The minimum Gasteiger partial charge on any atom is -0.340 e. The van der Waals surface area contributed by atoms with Gasteiger partial charge in [0.05, 0.1) is 16.9 Å². The first-order valence-corrected chi connectivity index (χ1v) is 9.92. The largest absolute Gasteiger partial charge is 0.416 e. The van der Waals surface area contributed by atoms with Gasteiger partial charge in [0.2, 0.25) is 0 Å². The molecule has 1 fully saturated rings. The Bertz CT molecular complexity index is 984. The van der Waals surface area contributed by atoms with E-state index in [1.54, 1.807) is 11.9 Å². The molecule has 2 aliphatic heterocycles. The molecule has 2 aliphatic rings. The number of anilines is 2. The van der Waals surface area contributed by atoms with E-state index in [1.807, 2.05) is 29.2 Å². The molecule has 0 spiro atoms. The van der Waals surface area contributed by atoms with Gasteiger partial charge in [0.1, 0.15) is 0 Å². The number of rotatable bonds is 4. The van der Waals surface area contributed by atoms with Crippen LogP contribution in [-0.2, 0) is 6.18 Å². The zero-order valence-corrected chi connectivity index (χ0v) is 16.3. The lowest BCUT2D eigenvalue weighted by Crippen LogP contribution is -2.45. The quantitative estimate of drug-likeness (QED) is 0.704. The van der Waals surface area contributed by atoms with Crippen molar-refractivity contribution in [3.8, 4) is 0 Å².